The first-order valence-corrected chi connectivity index (χ1v) is 9.45. The van der Waals surface area contributed by atoms with Crippen LogP contribution in [0.4, 0.5) is 0 Å². The third-order valence-corrected chi connectivity index (χ3v) is 6.11. The van der Waals surface area contributed by atoms with Crippen LogP contribution in [-0.4, -0.2) is 29.2 Å². The number of benzene rings is 1. The van der Waals surface area contributed by atoms with E-state index in [1.807, 2.05) is 6.07 Å². The van der Waals surface area contributed by atoms with Crippen molar-refractivity contribution in [3.8, 4) is 0 Å². The predicted octanol–water partition coefficient (Wildman–Crippen LogP) is 2.27. The zero-order chi connectivity index (χ0) is 19.0. The number of aromatic nitrogens is 6. The maximum Gasteiger partial charge on any atom is 0.280 e. The summed E-state index contributed by atoms with van der Waals surface area (Å²) in [6.45, 7) is 0.189. The van der Waals surface area contributed by atoms with Crippen LogP contribution in [0.5, 0.6) is 0 Å². The molecule has 0 bridgehead atoms. The summed E-state index contributed by atoms with van der Waals surface area (Å²) in [6, 6.07) is 6.10. The smallest absolute Gasteiger partial charge is 0.280 e. The molecule has 0 amide bonds. The molecule has 28 heavy (non-hydrogen) atoms. The number of hydrogen-bond donors (Lipinski definition) is 0. The summed E-state index contributed by atoms with van der Waals surface area (Å²) in [4.78, 5) is 25.5. The molecule has 0 N–H and O–H groups in total. The van der Waals surface area contributed by atoms with E-state index in [1.54, 1.807) is 17.9 Å². The molecule has 8 nitrogen and oxygen atoms in total. The standard InChI is InChI=1S/C19H15ClN6O2/c1-25-7-21-18-16(25)19(27)26(8-22-18)6-13-23-17(24-28-13)15-12-5-9-4-10(20)2-3-11(9)14(12)15/h2-4,7-8,12,14-15H,5-6H2,1H3/t12-,14+,15+/m0/s1. The van der Waals surface area contributed by atoms with Gasteiger partial charge in [-0.2, -0.15) is 4.98 Å². The van der Waals surface area contributed by atoms with Gasteiger partial charge in [0, 0.05) is 18.0 Å². The van der Waals surface area contributed by atoms with E-state index in [1.165, 1.54) is 22.0 Å². The number of hydrogen-bond acceptors (Lipinski definition) is 6. The topological polar surface area (TPSA) is 91.6 Å². The van der Waals surface area contributed by atoms with Crippen LogP contribution in [0.2, 0.25) is 5.02 Å². The molecular weight excluding hydrogens is 380 g/mol. The Bertz CT molecular complexity index is 1310. The average molecular weight is 395 g/mol. The van der Waals surface area contributed by atoms with Crippen LogP contribution in [0.3, 0.4) is 0 Å². The molecule has 0 spiro atoms. The summed E-state index contributed by atoms with van der Waals surface area (Å²) in [6.07, 6.45) is 4.04. The van der Waals surface area contributed by atoms with E-state index in [9.17, 15) is 4.79 Å². The van der Waals surface area contributed by atoms with Gasteiger partial charge in [-0.15, -0.1) is 0 Å². The second-order valence-corrected chi connectivity index (χ2v) is 7.95. The van der Waals surface area contributed by atoms with Gasteiger partial charge in [0.15, 0.2) is 17.0 Å². The third-order valence-electron chi connectivity index (χ3n) is 5.88. The van der Waals surface area contributed by atoms with Gasteiger partial charge in [0.2, 0.25) is 5.89 Å². The van der Waals surface area contributed by atoms with Gasteiger partial charge in [-0.05, 0) is 41.5 Å². The zero-order valence-corrected chi connectivity index (χ0v) is 15.7. The largest absolute Gasteiger partial charge is 0.337 e. The lowest BCUT2D eigenvalue weighted by Gasteiger charge is -2.05. The summed E-state index contributed by atoms with van der Waals surface area (Å²) in [7, 11) is 1.77. The van der Waals surface area contributed by atoms with Gasteiger partial charge < -0.3 is 9.09 Å². The van der Waals surface area contributed by atoms with Gasteiger partial charge in [0.1, 0.15) is 12.9 Å². The maximum atomic E-state index is 12.7. The molecular formula is C19H15ClN6O2. The third kappa shape index (κ3) is 2.21. The maximum absolute atomic E-state index is 12.7. The van der Waals surface area contributed by atoms with Gasteiger partial charge in [0.25, 0.3) is 5.56 Å². The van der Waals surface area contributed by atoms with Crippen molar-refractivity contribution in [3.63, 3.8) is 0 Å². The molecule has 0 unspecified atom stereocenters. The molecule has 1 saturated carbocycles. The second kappa shape index (κ2) is 5.51. The Hall–Kier alpha value is -3.00. The lowest BCUT2D eigenvalue weighted by atomic mass is 10.0. The molecule has 0 aliphatic heterocycles. The van der Waals surface area contributed by atoms with Crippen molar-refractivity contribution in [1.82, 2.24) is 29.2 Å². The molecule has 2 aliphatic carbocycles. The van der Waals surface area contributed by atoms with E-state index in [-0.39, 0.29) is 18.0 Å². The number of aryl methyl sites for hydroxylation is 1. The Morgan fingerprint density at radius 1 is 1.25 bits per heavy atom. The Labute approximate surface area is 163 Å². The van der Waals surface area contributed by atoms with Crippen molar-refractivity contribution in [2.24, 2.45) is 13.0 Å². The highest BCUT2D eigenvalue weighted by Crippen LogP contribution is 2.66. The molecule has 3 aromatic heterocycles. The van der Waals surface area contributed by atoms with Crippen molar-refractivity contribution < 1.29 is 4.52 Å². The molecule has 6 rings (SSSR count). The minimum atomic E-state index is -0.182. The van der Waals surface area contributed by atoms with Gasteiger partial charge in [-0.1, -0.05) is 22.8 Å². The number of fused-ring (bicyclic) bond motifs is 4. The molecule has 3 atom stereocenters. The number of nitrogens with zero attached hydrogens (tertiary/aromatic N) is 6. The summed E-state index contributed by atoms with van der Waals surface area (Å²) >= 11 is 6.09. The first-order chi connectivity index (χ1) is 13.6. The van der Waals surface area contributed by atoms with Gasteiger partial charge >= 0.3 is 0 Å². The first-order valence-electron chi connectivity index (χ1n) is 9.07. The van der Waals surface area contributed by atoms with Crippen molar-refractivity contribution >= 4 is 22.8 Å². The summed E-state index contributed by atoms with van der Waals surface area (Å²) in [5.74, 6) is 2.34. The van der Waals surface area contributed by atoms with E-state index < -0.39 is 0 Å². The molecule has 9 heteroatoms. The summed E-state index contributed by atoms with van der Waals surface area (Å²) in [5, 5.41) is 4.96. The van der Waals surface area contributed by atoms with Crippen molar-refractivity contribution in [1.29, 1.82) is 0 Å². The Morgan fingerprint density at radius 3 is 3.00 bits per heavy atom. The number of imidazole rings is 1. The van der Waals surface area contributed by atoms with Crippen LogP contribution in [0.1, 0.15) is 34.7 Å². The highest BCUT2D eigenvalue weighted by Gasteiger charge is 2.58. The fourth-order valence-electron chi connectivity index (χ4n) is 4.53. The number of halogens is 1. The van der Waals surface area contributed by atoms with E-state index in [0.717, 1.165) is 11.4 Å². The molecule has 0 saturated heterocycles. The van der Waals surface area contributed by atoms with E-state index >= 15 is 0 Å². The molecule has 1 fully saturated rings. The zero-order valence-electron chi connectivity index (χ0n) is 14.9. The van der Waals surface area contributed by atoms with Gasteiger partial charge in [-0.25, -0.2) is 9.97 Å². The molecule has 2 aliphatic rings. The van der Waals surface area contributed by atoms with Gasteiger partial charge in [0.05, 0.1) is 6.33 Å². The Balaban J connectivity index is 1.27. The SMILES string of the molecule is Cn1cnc2ncn(Cc3nc([C@@H]4[C@H]5Cc6cc(Cl)ccc6[C@H]54)no3)c(=O)c21. The van der Waals surface area contributed by atoms with Crippen molar-refractivity contribution in [2.75, 3.05) is 0 Å². The molecule has 4 aromatic rings. The Kier molecular flexibility index (Phi) is 3.15. The van der Waals surface area contributed by atoms with E-state index in [2.05, 4.69) is 32.2 Å². The number of rotatable bonds is 3. The van der Waals surface area contributed by atoms with Crippen molar-refractivity contribution in [2.45, 2.75) is 24.8 Å². The fraction of sp³-hybridized carbons (Fsp3) is 0.316. The van der Waals surface area contributed by atoms with Crippen LogP contribution >= 0.6 is 11.6 Å². The lowest BCUT2D eigenvalue weighted by molar-refractivity contribution is 0.364. The normalized spacial score (nSPS) is 22.4. The van der Waals surface area contributed by atoms with Gasteiger partial charge in [-0.3, -0.25) is 9.36 Å². The Morgan fingerprint density at radius 2 is 2.11 bits per heavy atom. The van der Waals surface area contributed by atoms with Crippen LogP contribution in [0, 0.1) is 5.92 Å². The van der Waals surface area contributed by atoms with E-state index in [4.69, 9.17) is 16.1 Å². The summed E-state index contributed by atoms with van der Waals surface area (Å²) < 4.78 is 8.56. The predicted molar refractivity (Wildman–Crippen MR) is 100 cm³/mol. The second-order valence-electron chi connectivity index (χ2n) is 7.51. The minimum absolute atomic E-state index is 0.182. The monoisotopic (exact) mass is 394 g/mol. The van der Waals surface area contributed by atoms with Crippen LogP contribution in [0.15, 0.2) is 40.2 Å². The average Bonchev–Trinajstić information content (AvgIpc) is 3.04. The highest BCUT2D eigenvalue weighted by molar-refractivity contribution is 6.30. The van der Waals surface area contributed by atoms with Crippen LogP contribution < -0.4 is 5.56 Å². The lowest BCUT2D eigenvalue weighted by Crippen LogP contribution is -2.22. The molecule has 0 radical (unpaired) electrons. The molecule has 140 valence electrons. The van der Waals surface area contributed by atoms with Crippen molar-refractivity contribution in [3.05, 3.63) is 69.1 Å². The minimum Gasteiger partial charge on any atom is -0.337 e. The highest BCUT2D eigenvalue weighted by atomic mass is 35.5. The van der Waals surface area contributed by atoms with Crippen LogP contribution in [-0.2, 0) is 20.0 Å². The quantitative estimate of drug-likeness (QED) is 0.529. The fourth-order valence-corrected chi connectivity index (χ4v) is 4.73. The van der Waals surface area contributed by atoms with E-state index in [0.29, 0.717) is 34.7 Å². The molecule has 3 heterocycles. The first kappa shape index (κ1) is 16.0. The molecule has 1 aromatic carbocycles. The van der Waals surface area contributed by atoms with Crippen LogP contribution in [0.25, 0.3) is 11.2 Å². The summed E-state index contributed by atoms with van der Waals surface area (Å²) in [5.41, 5.74) is 3.37.